The highest BCUT2D eigenvalue weighted by atomic mass is 35.5. The number of nitrogens with one attached hydrogen (secondary N) is 1. The molecule has 106 valence electrons. The second-order valence-electron chi connectivity index (χ2n) is 4.33. The van der Waals surface area contributed by atoms with E-state index in [1.807, 2.05) is 6.07 Å². The lowest BCUT2D eigenvalue weighted by Crippen LogP contribution is -2.01. The number of ether oxygens (including phenoxy) is 1. The summed E-state index contributed by atoms with van der Waals surface area (Å²) in [5, 5.41) is 22.3. The molecule has 0 saturated carbocycles. The summed E-state index contributed by atoms with van der Waals surface area (Å²) in [7, 11) is 1.54. The molecule has 0 aliphatic carbocycles. The fourth-order valence-corrected chi connectivity index (χ4v) is 2.16. The third kappa shape index (κ3) is 3.35. The topological polar surface area (TPSA) is 61.7 Å². The van der Waals surface area contributed by atoms with Crippen molar-refractivity contribution in [1.29, 1.82) is 0 Å². The van der Waals surface area contributed by atoms with Gasteiger partial charge < -0.3 is 20.3 Å². The Bertz CT molecular complexity index is 602. The summed E-state index contributed by atoms with van der Waals surface area (Å²) in [5.74, 6) is 0.805. The van der Waals surface area contributed by atoms with E-state index in [1.54, 1.807) is 37.4 Å². The number of phenols is 1. The Morgan fingerprint density at radius 3 is 2.70 bits per heavy atom. The second kappa shape index (κ2) is 6.50. The van der Waals surface area contributed by atoms with Crippen molar-refractivity contribution >= 4 is 17.3 Å². The molecule has 0 aromatic heterocycles. The molecule has 0 fully saturated rings. The molecule has 2 rings (SSSR count). The van der Waals surface area contributed by atoms with Gasteiger partial charge in [-0.05, 0) is 23.8 Å². The highest BCUT2D eigenvalue weighted by molar-refractivity contribution is 6.33. The van der Waals surface area contributed by atoms with E-state index in [9.17, 15) is 10.2 Å². The first-order valence-electron chi connectivity index (χ1n) is 6.13. The van der Waals surface area contributed by atoms with Gasteiger partial charge in [0.2, 0.25) is 0 Å². The number of anilines is 1. The van der Waals surface area contributed by atoms with Crippen molar-refractivity contribution in [2.24, 2.45) is 0 Å². The maximum atomic E-state index is 9.41. The van der Waals surface area contributed by atoms with Gasteiger partial charge in [-0.3, -0.25) is 0 Å². The van der Waals surface area contributed by atoms with E-state index >= 15 is 0 Å². The fraction of sp³-hybridized carbons (Fsp3) is 0.200. The summed E-state index contributed by atoms with van der Waals surface area (Å²) in [6.45, 7) is 0.394. The smallest absolute Gasteiger partial charge is 0.126 e. The Hall–Kier alpha value is -1.91. The van der Waals surface area contributed by atoms with Crippen LogP contribution >= 0.6 is 11.6 Å². The maximum Gasteiger partial charge on any atom is 0.126 e. The van der Waals surface area contributed by atoms with Crippen molar-refractivity contribution in [3.63, 3.8) is 0 Å². The highest BCUT2D eigenvalue weighted by Crippen LogP contribution is 2.31. The minimum Gasteiger partial charge on any atom is -0.508 e. The van der Waals surface area contributed by atoms with Gasteiger partial charge in [0, 0.05) is 18.2 Å². The summed E-state index contributed by atoms with van der Waals surface area (Å²) < 4.78 is 5.20. The van der Waals surface area contributed by atoms with Crippen LogP contribution in [0.2, 0.25) is 5.02 Å². The first-order valence-corrected chi connectivity index (χ1v) is 6.51. The van der Waals surface area contributed by atoms with Crippen LogP contribution in [0.3, 0.4) is 0 Å². The number of rotatable bonds is 5. The van der Waals surface area contributed by atoms with Crippen molar-refractivity contribution < 1.29 is 14.9 Å². The van der Waals surface area contributed by atoms with Gasteiger partial charge in [-0.25, -0.2) is 0 Å². The molecule has 2 aromatic carbocycles. The minimum atomic E-state index is -0.129. The van der Waals surface area contributed by atoms with Crippen LogP contribution in [0.25, 0.3) is 0 Å². The number of benzene rings is 2. The molecule has 0 heterocycles. The molecule has 0 unspecified atom stereocenters. The highest BCUT2D eigenvalue weighted by Gasteiger charge is 2.08. The number of methoxy groups -OCH3 is 1. The summed E-state index contributed by atoms with van der Waals surface area (Å²) in [5.41, 5.74) is 2.29. The molecule has 0 aliphatic heterocycles. The van der Waals surface area contributed by atoms with Crippen molar-refractivity contribution in [2.75, 3.05) is 12.4 Å². The lowest BCUT2D eigenvalue weighted by Gasteiger charge is -2.13. The number of aliphatic hydroxyl groups is 1. The quantitative estimate of drug-likeness (QED) is 0.792. The fourth-order valence-electron chi connectivity index (χ4n) is 1.91. The number of hydrogen-bond acceptors (Lipinski definition) is 4. The van der Waals surface area contributed by atoms with Crippen molar-refractivity contribution in [1.82, 2.24) is 0 Å². The zero-order valence-electron chi connectivity index (χ0n) is 11.1. The van der Waals surface area contributed by atoms with Crippen LogP contribution in [0.15, 0.2) is 36.4 Å². The molecule has 20 heavy (non-hydrogen) atoms. The van der Waals surface area contributed by atoms with E-state index in [4.69, 9.17) is 16.3 Å². The van der Waals surface area contributed by atoms with Crippen LogP contribution < -0.4 is 10.1 Å². The monoisotopic (exact) mass is 293 g/mol. The molecule has 0 spiro atoms. The lowest BCUT2D eigenvalue weighted by atomic mass is 10.1. The van der Waals surface area contributed by atoms with E-state index in [1.165, 1.54) is 0 Å². The average molecular weight is 294 g/mol. The summed E-state index contributed by atoms with van der Waals surface area (Å²) in [4.78, 5) is 0. The normalized spacial score (nSPS) is 10.3. The van der Waals surface area contributed by atoms with E-state index in [0.29, 0.717) is 28.6 Å². The summed E-state index contributed by atoms with van der Waals surface area (Å²) >= 11 is 6.16. The predicted octanol–water partition coefficient (Wildman–Crippen LogP) is 3.16. The van der Waals surface area contributed by atoms with E-state index in [-0.39, 0.29) is 12.4 Å². The zero-order valence-corrected chi connectivity index (χ0v) is 11.8. The molecular weight excluding hydrogens is 278 g/mol. The Morgan fingerprint density at radius 1 is 1.25 bits per heavy atom. The minimum absolute atomic E-state index is 0.129. The number of phenolic OH excluding ortho intramolecular Hbond substituents is 1. The van der Waals surface area contributed by atoms with Gasteiger partial charge in [0.05, 0.1) is 24.4 Å². The van der Waals surface area contributed by atoms with Gasteiger partial charge in [-0.2, -0.15) is 0 Å². The molecule has 0 atom stereocenters. The molecule has 0 aliphatic rings. The number of aromatic hydroxyl groups is 1. The van der Waals surface area contributed by atoms with Crippen LogP contribution in [0.5, 0.6) is 11.5 Å². The lowest BCUT2D eigenvalue weighted by molar-refractivity contribution is 0.274. The van der Waals surface area contributed by atoms with Crippen LogP contribution in [-0.2, 0) is 13.2 Å². The molecular formula is C15H16ClNO3. The second-order valence-corrected chi connectivity index (χ2v) is 4.73. The molecule has 3 N–H and O–H groups in total. The average Bonchev–Trinajstić information content (AvgIpc) is 2.45. The number of aliphatic hydroxyl groups excluding tert-OH is 1. The Kier molecular flexibility index (Phi) is 4.71. The van der Waals surface area contributed by atoms with Gasteiger partial charge in [0.25, 0.3) is 0 Å². The van der Waals surface area contributed by atoms with Gasteiger partial charge in [0.1, 0.15) is 11.5 Å². The van der Waals surface area contributed by atoms with Crippen LogP contribution in [0, 0.1) is 0 Å². The zero-order chi connectivity index (χ0) is 14.5. The van der Waals surface area contributed by atoms with Crippen LogP contribution in [0.1, 0.15) is 11.1 Å². The molecule has 2 aromatic rings. The van der Waals surface area contributed by atoms with E-state index < -0.39 is 0 Å². The van der Waals surface area contributed by atoms with E-state index in [0.717, 1.165) is 5.56 Å². The van der Waals surface area contributed by atoms with Gasteiger partial charge in [0.15, 0.2) is 0 Å². The van der Waals surface area contributed by atoms with Crippen molar-refractivity contribution in [3.8, 4) is 11.5 Å². The summed E-state index contributed by atoms with van der Waals surface area (Å²) in [6, 6.07) is 10.4. The Morgan fingerprint density at radius 2 is 2.05 bits per heavy atom. The molecule has 5 heteroatoms. The Labute approximate surface area is 122 Å². The van der Waals surface area contributed by atoms with Gasteiger partial charge >= 0.3 is 0 Å². The third-order valence-electron chi connectivity index (χ3n) is 2.93. The molecule has 0 radical (unpaired) electrons. The largest absolute Gasteiger partial charge is 0.508 e. The third-order valence-corrected chi connectivity index (χ3v) is 3.25. The van der Waals surface area contributed by atoms with Gasteiger partial charge in [-0.15, -0.1) is 0 Å². The predicted molar refractivity (Wildman–Crippen MR) is 79.4 cm³/mol. The summed E-state index contributed by atoms with van der Waals surface area (Å²) in [6.07, 6.45) is 0. The molecule has 0 saturated heterocycles. The van der Waals surface area contributed by atoms with Crippen molar-refractivity contribution in [3.05, 3.63) is 52.5 Å². The standard InChI is InChI=1S/C15H16ClNO3/c1-20-15-7-14(13(16)6-11(15)9-18)17-8-10-3-2-4-12(19)5-10/h2-7,17-19H,8-9H2,1H3. The van der Waals surface area contributed by atoms with E-state index in [2.05, 4.69) is 5.32 Å². The Balaban J connectivity index is 2.17. The van der Waals surface area contributed by atoms with Gasteiger partial charge in [-0.1, -0.05) is 23.7 Å². The molecule has 4 nitrogen and oxygen atoms in total. The molecule has 0 bridgehead atoms. The first-order chi connectivity index (χ1) is 9.63. The van der Waals surface area contributed by atoms with Crippen LogP contribution in [0.4, 0.5) is 5.69 Å². The maximum absolute atomic E-state index is 9.41. The SMILES string of the molecule is COc1cc(NCc2cccc(O)c2)c(Cl)cc1CO. The van der Waals surface area contributed by atoms with Crippen molar-refractivity contribution in [2.45, 2.75) is 13.2 Å². The first kappa shape index (κ1) is 14.5. The number of hydrogen-bond donors (Lipinski definition) is 3. The number of halogens is 1. The van der Waals surface area contributed by atoms with Crippen LogP contribution in [-0.4, -0.2) is 17.3 Å². The molecule has 0 amide bonds.